The van der Waals surface area contributed by atoms with E-state index in [4.69, 9.17) is 0 Å². The van der Waals surface area contributed by atoms with Crippen molar-refractivity contribution < 1.29 is 0 Å². The van der Waals surface area contributed by atoms with E-state index in [1.165, 1.54) is 32.5 Å². The second-order valence-corrected chi connectivity index (χ2v) is 5.75. The Morgan fingerprint density at radius 3 is 2.86 bits per heavy atom. The van der Waals surface area contributed by atoms with Gasteiger partial charge >= 0.3 is 0 Å². The van der Waals surface area contributed by atoms with Gasteiger partial charge in [0.2, 0.25) is 0 Å². The molecule has 0 aromatic rings. The van der Waals surface area contributed by atoms with Crippen LogP contribution in [0.25, 0.3) is 0 Å². The van der Waals surface area contributed by atoms with Gasteiger partial charge in [-0.1, -0.05) is 20.8 Å². The molecule has 2 heteroatoms. The van der Waals surface area contributed by atoms with Crippen LogP contribution >= 0.6 is 0 Å². The summed E-state index contributed by atoms with van der Waals surface area (Å²) in [7, 11) is 0. The molecule has 2 nitrogen and oxygen atoms in total. The van der Waals surface area contributed by atoms with Crippen molar-refractivity contribution in [2.75, 3.05) is 19.6 Å². The normalized spacial score (nSPS) is 43.7. The van der Waals surface area contributed by atoms with Crippen LogP contribution in [0.15, 0.2) is 0 Å². The topological polar surface area (TPSA) is 24.1 Å². The zero-order valence-corrected chi connectivity index (χ0v) is 9.77. The van der Waals surface area contributed by atoms with Gasteiger partial charge < -0.3 is 10.6 Å². The Morgan fingerprint density at radius 2 is 2.14 bits per heavy atom. The third-order valence-corrected chi connectivity index (χ3v) is 4.51. The molecule has 2 N–H and O–H groups in total. The lowest BCUT2D eigenvalue weighted by atomic mass is 9.74. The van der Waals surface area contributed by atoms with E-state index in [1.807, 2.05) is 0 Å². The summed E-state index contributed by atoms with van der Waals surface area (Å²) in [5, 5.41) is 7.32. The third-order valence-electron chi connectivity index (χ3n) is 4.51. The van der Waals surface area contributed by atoms with Gasteiger partial charge in [-0.3, -0.25) is 0 Å². The molecule has 2 rings (SSSR count). The van der Waals surface area contributed by atoms with Crippen LogP contribution < -0.4 is 10.6 Å². The molecule has 82 valence electrons. The quantitative estimate of drug-likeness (QED) is 0.666. The second kappa shape index (κ2) is 3.82. The molecule has 2 heterocycles. The summed E-state index contributed by atoms with van der Waals surface area (Å²) in [5.41, 5.74) is 0.483. The SMILES string of the molecule is CC(C)C1(C)CNCC2CCNC2C1. The molecule has 0 saturated carbocycles. The predicted octanol–water partition coefficient (Wildman–Crippen LogP) is 1.62. The summed E-state index contributed by atoms with van der Waals surface area (Å²) >= 11 is 0. The van der Waals surface area contributed by atoms with Crippen LogP contribution in [0.3, 0.4) is 0 Å². The highest BCUT2D eigenvalue weighted by molar-refractivity contribution is 4.95. The number of fused-ring (bicyclic) bond motifs is 1. The van der Waals surface area contributed by atoms with E-state index in [-0.39, 0.29) is 0 Å². The van der Waals surface area contributed by atoms with Gasteiger partial charge in [-0.25, -0.2) is 0 Å². The first-order valence-electron chi connectivity index (χ1n) is 6.06. The van der Waals surface area contributed by atoms with Gasteiger partial charge in [0.15, 0.2) is 0 Å². The first-order valence-corrected chi connectivity index (χ1v) is 6.06. The van der Waals surface area contributed by atoms with E-state index >= 15 is 0 Å². The van der Waals surface area contributed by atoms with Crippen molar-refractivity contribution in [2.24, 2.45) is 17.3 Å². The molecular formula is C12H24N2. The van der Waals surface area contributed by atoms with Crippen LogP contribution in [-0.4, -0.2) is 25.7 Å². The lowest BCUT2D eigenvalue weighted by Crippen LogP contribution is -2.37. The van der Waals surface area contributed by atoms with Gasteiger partial charge in [0.05, 0.1) is 0 Å². The Kier molecular flexibility index (Phi) is 2.85. The molecule has 0 spiro atoms. The predicted molar refractivity (Wildman–Crippen MR) is 60.3 cm³/mol. The fourth-order valence-electron chi connectivity index (χ4n) is 2.86. The molecule has 2 aliphatic rings. The molecule has 2 saturated heterocycles. The maximum Gasteiger partial charge on any atom is 0.0114 e. The molecule has 0 amide bonds. The molecule has 14 heavy (non-hydrogen) atoms. The van der Waals surface area contributed by atoms with Crippen molar-refractivity contribution in [3.05, 3.63) is 0 Å². The highest BCUT2D eigenvalue weighted by Gasteiger charge is 2.38. The third kappa shape index (κ3) is 1.82. The molecule has 0 aromatic heterocycles. The Labute approximate surface area is 87.8 Å². The summed E-state index contributed by atoms with van der Waals surface area (Å²) in [6, 6.07) is 0.775. The Hall–Kier alpha value is -0.0800. The average Bonchev–Trinajstić information content (AvgIpc) is 2.46. The van der Waals surface area contributed by atoms with Crippen molar-refractivity contribution in [3.63, 3.8) is 0 Å². The minimum Gasteiger partial charge on any atom is -0.316 e. The van der Waals surface area contributed by atoms with Crippen LogP contribution in [0, 0.1) is 17.3 Å². The number of hydrogen-bond acceptors (Lipinski definition) is 2. The molecule has 0 aromatic carbocycles. The van der Waals surface area contributed by atoms with Crippen molar-refractivity contribution in [1.29, 1.82) is 0 Å². The molecule has 2 fully saturated rings. The van der Waals surface area contributed by atoms with Crippen LogP contribution in [0.4, 0.5) is 0 Å². The Balaban J connectivity index is 2.08. The smallest absolute Gasteiger partial charge is 0.0114 e. The largest absolute Gasteiger partial charge is 0.316 e. The first-order chi connectivity index (χ1) is 6.62. The fraction of sp³-hybridized carbons (Fsp3) is 1.00. The van der Waals surface area contributed by atoms with E-state index in [0.717, 1.165) is 17.9 Å². The van der Waals surface area contributed by atoms with Gasteiger partial charge in [0.1, 0.15) is 0 Å². The van der Waals surface area contributed by atoms with Gasteiger partial charge in [0, 0.05) is 12.6 Å². The summed E-state index contributed by atoms with van der Waals surface area (Å²) in [4.78, 5) is 0. The molecule has 0 bridgehead atoms. The highest BCUT2D eigenvalue weighted by Crippen LogP contribution is 2.36. The standard InChI is InChI=1S/C12H24N2/c1-9(2)12(3)6-11-10(4-5-14-11)7-13-8-12/h9-11,13-14H,4-8H2,1-3H3. The maximum absolute atomic E-state index is 3.67. The highest BCUT2D eigenvalue weighted by atomic mass is 15.0. The van der Waals surface area contributed by atoms with Crippen LogP contribution in [0.1, 0.15) is 33.6 Å². The van der Waals surface area contributed by atoms with Crippen LogP contribution in [0.2, 0.25) is 0 Å². The molecular weight excluding hydrogens is 172 g/mol. The van der Waals surface area contributed by atoms with Crippen molar-refractivity contribution in [1.82, 2.24) is 10.6 Å². The molecule has 3 unspecified atom stereocenters. The summed E-state index contributed by atoms with van der Waals surface area (Å²) < 4.78 is 0. The zero-order valence-electron chi connectivity index (χ0n) is 9.77. The lowest BCUT2D eigenvalue weighted by Gasteiger charge is -2.34. The van der Waals surface area contributed by atoms with E-state index < -0.39 is 0 Å². The molecule has 3 atom stereocenters. The average molecular weight is 196 g/mol. The molecule has 0 aliphatic carbocycles. The zero-order chi connectivity index (χ0) is 10.2. The molecule has 0 radical (unpaired) electrons. The summed E-state index contributed by atoms with van der Waals surface area (Å²) in [5.74, 6) is 1.66. The van der Waals surface area contributed by atoms with E-state index in [2.05, 4.69) is 31.4 Å². The monoisotopic (exact) mass is 196 g/mol. The lowest BCUT2D eigenvalue weighted by molar-refractivity contribution is 0.185. The van der Waals surface area contributed by atoms with Crippen molar-refractivity contribution in [2.45, 2.75) is 39.7 Å². The minimum atomic E-state index is 0.483. The van der Waals surface area contributed by atoms with Crippen molar-refractivity contribution >= 4 is 0 Å². The maximum atomic E-state index is 3.67. The molecule has 2 aliphatic heterocycles. The number of rotatable bonds is 1. The van der Waals surface area contributed by atoms with Crippen LogP contribution in [-0.2, 0) is 0 Å². The summed E-state index contributed by atoms with van der Waals surface area (Å²) in [6.07, 6.45) is 2.72. The number of hydrogen-bond donors (Lipinski definition) is 2. The minimum absolute atomic E-state index is 0.483. The number of nitrogens with one attached hydrogen (secondary N) is 2. The Bertz CT molecular complexity index is 202. The van der Waals surface area contributed by atoms with Crippen LogP contribution in [0.5, 0.6) is 0 Å². The van der Waals surface area contributed by atoms with Gasteiger partial charge in [0.25, 0.3) is 0 Å². The second-order valence-electron chi connectivity index (χ2n) is 5.75. The van der Waals surface area contributed by atoms with Crippen molar-refractivity contribution in [3.8, 4) is 0 Å². The summed E-state index contributed by atoms with van der Waals surface area (Å²) in [6.45, 7) is 10.8. The van der Waals surface area contributed by atoms with Gasteiger partial charge in [-0.2, -0.15) is 0 Å². The Morgan fingerprint density at radius 1 is 1.36 bits per heavy atom. The van der Waals surface area contributed by atoms with E-state index in [1.54, 1.807) is 0 Å². The van der Waals surface area contributed by atoms with Gasteiger partial charge in [-0.05, 0) is 43.2 Å². The van der Waals surface area contributed by atoms with Gasteiger partial charge in [-0.15, -0.1) is 0 Å². The fourth-order valence-corrected chi connectivity index (χ4v) is 2.86. The van der Waals surface area contributed by atoms with E-state index in [0.29, 0.717) is 5.41 Å². The van der Waals surface area contributed by atoms with E-state index in [9.17, 15) is 0 Å². The first kappa shape index (κ1) is 10.4.